The Morgan fingerprint density at radius 1 is 1.17 bits per heavy atom. The predicted octanol–water partition coefficient (Wildman–Crippen LogP) is 3.01. The standard InChI is InChI=1S/C19H25BrN2O5.C2H4/c1-3-6-27-19(26)18-17(20)16(15(22-18)7-21-2)12-5-4-11(8-23)13(9-24)14(12)10-25;1-2/h4-5,21-25H,3,6-10H2,1-2H3;1-2H2. The Balaban J connectivity index is 0.00000204. The molecule has 0 atom stereocenters. The van der Waals surface area contributed by atoms with E-state index >= 15 is 0 Å². The van der Waals surface area contributed by atoms with Crippen LogP contribution in [0.25, 0.3) is 11.1 Å². The summed E-state index contributed by atoms with van der Waals surface area (Å²) < 4.78 is 5.77. The molecular weight excluding hydrogens is 440 g/mol. The first-order valence-corrected chi connectivity index (χ1v) is 10.0. The highest BCUT2D eigenvalue weighted by molar-refractivity contribution is 9.10. The second-order valence-corrected chi connectivity index (χ2v) is 6.83. The molecule has 1 heterocycles. The summed E-state index contributed by atoms with van der Waals surface area (Å²) >= 11 is 3.49. The van der Waals surface area contributed by atoms with Gasteiger partial charge in [-0.3, -0.25) is 0 Å². The number of hydrogen-bond donors (Lipinski definition) is 5. The quantitative estimate of drug-likeness (QED) is 0.285. The Morgan fingerprint density at radius 3 is 2.34 bits per heavy atom. The van der Waals surface area contributed by atoms with Crippen LogP contribution >= 0.6 is 15.9 Å². The molecule has 29 heavy (non-hydrogen) atoms. The van der Waals surface area contributed by atoms with E-state index in [0.717, 1.165) is 12.1 Å². The van der Waals surface area contributed by atoms with Crippen LogP contribution in [0.15, 0.2) is 29.8 Å². The third-order valence-electron chi connectivity index (χ3n) is 4.30. The van der Waals surface area contributed by atoms with Crippen LogP contribution in [0.2, 0.25) is 0 Å². The highest BCUT2D eigenvalue weighted by Crippen LogP contribution is 2.39. The maximum atomic E-state index is 12.4. The smallest absolute Gasteiger partial charge is 0.355 e. The van der Waals surface area contributed by atoms with E-state index in [1.807, 2.05) is 6.92 Å². The fourth-order valence-corrected chi connectivity index (χ4v) is 3.74. The van der Waals surface area contributed by atoms with Gasteiger partial charge in [0.05, 0.1) is 30.9 Å². The molecule has 2 rings (SSSR count). The van der Waals surface area contributed by atoms with Gasteiger partial charge < -0.3 is 30.4 Å². The molecule has 0 aliphatic carbocycles. The molecule has 160 valence electrons. The molecule has 0 bridgehead atoms. The number of nitrogens with one attached hydrogen (secondary N) is 2. The van der Waals surface area contributed by atoms with Crippen molar-refractivity contribution in [3.05, 3.63) is 57.8 Å². The largest absolute Gasteiger partial charge is 0.461 e. The van der Waals surface area contributed by atoms with Gasteiger partial charge >= 0.3 is 5.97 Å². The summed E-state index contributed by atoms with van der Waals surface area (Å²) in [5.41, 5.74) is 3.95. The normalized spacial score (nSPS) is 10.4. The van der Waals surface area contributed by atoms with Gasteiger partial charge in [0, 0.05) is 17.8 Å². The highest BCUT2D eigenvalue weighted by Gasteiger charge is 2.25. The minimum atomic E-state index is -0.466. The lowest BCUT2D eigenvalue weighted by molar-refractivity contribution is 0.0497. The Morgan fingerprint density at radius 2 is 1.83 bits per heavy atom. The van der Waals surface area contributed by atoms with Gasteiger partial charge in [-0.1, -0.05) is 19.1 Å². The topological polar surface area (TPSA) is 115 Å². The molecule has 0 saturated carbocycles. The Bertz CT molecular complexity index is 820. The van der Waals surface area contributed by atoms with E-state index in [9.17, 15) is 20.1 Å². The van der Waals surface area contributed by atoms with E-state index in [0.29, 0.717) is 51.1 Å². The van der Waals surface area contributed by atoms with Crippen molar-refractivity contribution in [2.24, 2.45) is 0 Å². The van der Waals surface area contributed by atoms with Crippen LogP contribution in [0.4, 0.5) is 0 Å². The molecule has 0 aliphatic heterocycles. The van der Waals surface area contributed by atoms with Crippen molar-refractivity contribution in [2.45, 2.75) is 39.7 Å². The summed E-state index contributed by atoms with van der Waals surface area (Å²) in [7, 11) is 1.79. The van der Waals surface area contributed by atoms with Gasteiger partial charge in [0.1, 0.15) is 5.69 Å². The van der Waals surface area contributed by atoms with Crippen LogP contribution in [0.5, 0.6) is 0 Å². The third-order valence-corrected chi connectivity index (χ3v) is 5.09. The van der Waals surface area contributed by atoms with Crippen LogP contribution in [-0.4, -0.2) is 39.9 Å². The molecule has 0 unspecified atom stereocenters. The molecule has 0 radical (unpaired) electrons. The first-order valence-electron chi connectivity index (χ1n) is 9.22. The maximum absolute atomic E-state index is 12.4. The van der Waals surface area contributed by atoms with E-state index in [2.05, 4.69) is 39.4 Å². The second kappa shape index (κ2) is 12.6. The molecule has 0 fully saturated rings. The molecule has 0 spiro atoms. The molecule has 0 amide bonds. The number of carbonyl (C=O) groups excluding carboxylic acids is 1. The number of benzene rings is 1. The van der Waals surface area contributed by atoms with Crippen LogP contribution in [0.3, 0.4) is 0 Å². The van der Waals surface area contributed by atoms with Crippen LogP contribution in [0, 0.1) is 0 Å². The number of esters is 1. The van der Waals surface area contributed by atoms with Gasteiger partial charge in [0.15, 0.2) is 0 Å². The van der Waals surface area contributed by atoms with Crippen molar-refractivity contribution in [3.63, 3.8) is 0 Å². The fourth-order valence-electron chi connectivity index (χ4n) is 3.02. The number of H-pyrrole nitrogens is 1. The predicted molar refractivity (Wildman–Crippen MR) is 116 cm³/mol. The number of ether oxygens (including phenoxy) is 1. The molecule has 1 aromatic heterocycles. The Kier molecular flexibility index (Phi) is 10.9. The van der Waals surface area contributed by atoms with Crippen LogP contribution in [0.1, 0.15) is 46.2 Å². The molecule has 8 heteroatoms. The maximum Gasteiger partial charge on any atom is 0.355 e. The van der Waals surface area contributed by atoms with Crippen molar-refractivity contribution >= 4 is 21.9 Å². The van der Waals surface area contributed by atoms with Gasteiger partial charge in [0.2, 0.25) is 0 Å². The van der Waals surface area contributed by atoms with E-state index in [1.165, 1.54) is 0 Å². The summed E-state index contributed by atoms with van der Waals surface area (Å²) in [6, 6.07) is 3.47. The fraction of sp³-hybridized carbons (Fsp3) is 0.381. The lowest BCUT2D eigenvalue weighted by Gasteiger charge is -2.16. The summed E-state index contributed by atoms with van der Waals surface area (Å²) in [5.74, 6) is -0.466. The zero-order chi connectivity index (χ0) is 22.0. The molecule has 0 aliphatic rings. The van der Waals surface area contributed by atoms with Crippen molar-refractivity contribution in [1.29, 1.82) is 0 Å². The number of carbonyl (C=O) groups is 1. The van der Waals surface area contributed by atoms with Crippen molar-refractivity contribution in [3.8, 4) is 11.1 Å². The third kappa shape index (κ3) is 5.55. The Hall–Kier alpha value is -1.97. The van der Waals surface area contributed by atoms with Gasteiger partial charge in [-0.2, -0.15) is 0 Å². The van der Waals surface area contributed by atoms with Crippen molar-refractivity contribution in [2.75, 3.05) is 13.7 Å². The summed E-state index contributed by atoms with van der Waals surface area (Å²) in [4.78, 5) is 15.5. The first-order chi connectivity index (χ1) is 14.0. The number of aromatic nitrogens is 1. The SMILES string of the molecule is C=C.CCCOC(=O)c1[nH]c(CNC)c(-c2ccc(CO)c(CO)c2CO)c1Br. The minimum absolute atomic E-state index is 0.241. The number of aliphatic hydroxyl groups is 3. The average molecular weight is 469 g/mol. The number of aromatic amines is 1. The van der Waals surface area contributed by atoms with Crippen LogP contribution < -0.4 is 5.32 Å². The van der Waals surface area contributed by atoms with Crippen molar-refractivity contribution in [1.82, 2.24) is 10.3 Å². The van der Waals surface area contributed by atoms with Gasteiger partial charge in [-0.15, -0.1) is 13.2 Å². The summed E-state index contributed by atoms with van der Waals surface area (Å²) in [6.07, 6.45) is 0.720. The highest BCUT2D eigenvalue weighted by atomic mass is 79.9. The Labute approximate surface area is 179 Å². The van der Waals surface area contributed by atoms with E-state index in [1.54, 1.807) is 19.2 Å². The van der Waals surface area contributed by atoms with E-state index in [-0.39, 0.29) is 19.8 Å². The molecular formula is C21H29BrN2O5. The minimum Gasteiger partial charge on any atom is -0.461 e. The number of halogens is 1. The number of hydrogen-bond acceptors (Lipinski definition) is 6. The molecule has 1 aromatic carbocycles. The number of aliphatic hydroxyl groups excluding tert-OH is 3. The van der Waals surface area contributed by atoms with Gasteiger partial charge in [0.25, 0.3) is 0 Å². The van der Waals surface area contributed by atoms with Crippen LogP contribution in [-0.2, 0) is 31.1 Å². The lowest BCUT2D eigenvalue weighted by atomic mass is 9.92. The molecule has 2 aromatic rings. The van der Waals surface area contributed by atoms with Crippen molar-refractivity contribution < 1.29 is 24.9 Å². The molecule has 5 N–H and O–H groups in total. The number of rotatable bonds is 9. The monoisotopic (exact) mass is 468 g/mol. The van der Waals surface area contributed by atoms with Gasteiger partial charge in [-0.25, -0.2) is 4.79 Å². The zero-order valence-electron chi connectivity index (χ0n) is 16.8. The summed E-state index contributed by atoms with van der Waals surface area (Å²) in [5, 5.41) is 32.2. The molecule has 7 nitrogen and oxygen atoms in total. The van der Waals surface area contributed by atoms with E-state index < -0.39 is 5.97 Å². The zero-order valence-corrected chi connectivity index (χ0v) is 18.4. The second-order valence-electron chi connectivity index (χ2n) is 6.04. The average Bonchev–Trinajstić information content (AvgIpc) is 3.08. The van der Waals surface area contributed by atoms with Gasteiger partial charge in [-0.05, 0) is 51.7 Å². The summed E-state index contributed by atoms with van der Waals surface area (Å²) in [6.45, 7) is 7.83. The first kappa shape index (κ1) is 25.1. The lowest BCUT2D eigenvalue weighted by Crippen LogP contribution is -2.09. The van der Waals surface area contributed by atoms with E-state index in [4.69, 9.17) is 4.74 Å². The molecule has 0 saturated heterocycles.